The van der Waals surface area contributed by atoms with Crippen LogP contribution >= 0.6 is 12.2 Å². The normalized spacial score (nSPS) is 10.8. The molecule has 1 N–H and O–H groups in total. The Hall–Kier alpha value is -2.21. The minimum absolute atomic E-state index is 0.559. The van der Waals surface area contributed by atoms with Gasteiger partial charge in [0.2, 0.25) is 0 Å². The average Bonchev–Trinajstić information content (AvgIpc) is 2.89. The van der Waals surface area contributed by atoms with Crippen LogP contribution in [0.5, 0.6) is 5.75 Å². The Kier molecular flexibility index (Phi) is 2.79. The molecule has 0 atom stereocenters. The molecule has 0 aliphatic carbocycles. The zero-order valence-electron chi connectivity index (χ0n) is 10.5. The van der Waals surface area contributed by atoms with Crippen LogP contribution in [-0.4, -0.2) is 27.1 Å². The minimum Gasteiger partial charge on any atom is -0.494 e. The Labute approximate surface area is 114 Å². The first kappa shape index (κ1) is 11.9. The Balaban J connectivity index is 2.38. The van der Waals surface area contributed by atoms with Gasteiger partial charge in [-0.1, -0.05) is 24.4 Å². The lowest BCUT2D eigenvalue weighted by Crippen LogP contribution is -2.00. The van der Waals surface area contributed by atoms with E-state index in [1.807, 2.05) is 31.2 Å². The lowest BCUT2D eigenvalue weighted by atomic mass is 10.2. The van der Waals surface area contributed by atoms with Crippen molar-refractivity contribution in [2.45, 2.75) is 6.92 Å². The van der Waals surface area contributed by atoms with Crippen molar-refractivity contribution < 1.29 is 4.74 Å². The molecule has 96 valence electrons. The Morgan fingerprint density at radius 1 is 1.32 bits per heavy atom. The van der Waals surface area contributed by atoms with E-state index in [0.29, 0.717) is 4.64 Å². The van der Waals surface area contributed by atoms with Crippen LogP contribution in [0.25, 0.3) is 16.6 Å². The van der Waals surface area contributed by atoms with Gasteiger partial charge in [-0.05, 0) is 19.1 Å². The Morgan fingerprint density at radius 2 is 2.11 bits per heavy atom. The van der Waals surface area contributed by atoms with Crippen LogP contribution < -0.4 is 4.74 Å². The number of hydrogen-bond acceptors (Lipinski definition) is 4. The SMILES string of the molecule is COc1ccccc1-n1ncc2c(C)n[nH]c(=S)c21. The van der Waals surface area contributed by atoms with Gasteiger partial charge in [-0.3, -0.25) is 5.10 Å². The number of aromatic nitrogens is 4. The third kappa shape index (κ3) is 1.80. The van der Waals surface area contributed by atoms with E-state index in [4.69, 9.17) is 17.0 Å². The van der Waals surface area contributed by atoms with Gasteiger partial charge in [-0.25, -0.2) is 4.68 Å². The molecule has 2 heterocycles. The van der Waals surface area contributed by atoms with Crippen molar-refractivity contribution in [1.82, 2.24) is 20.0 Å². The van der Waals surface area contributed by atoms with Gasteiger partial charge in [-0.15, -0.1) is 0 Å². The summed E-state index contributed by atoms with van der Waals surface area (Å²) >= 11 is 5.31. The number of nitrogens with zero attached hydrogens (tertiary/aromatic N) is 3. The zero-order valence-corrected chi connectivity index (χ0v) is 11.4. The van der Waals surface area contributed by atoms with Crippen LogP contribution in [0.15, 0.2) is 30.5 Å². The Morgan fingerprint density at radius 3 is 2.89 bits per heavy atom. The average molecular weight is 272 g/mol. The lowest BCUT2D eigenvalue weighted by molar-refractivity contribution is 0.412. The van der Waals surface area contributed by atoms with Crippen molar-refractivity contribution in [2.24, 2.45) is 0 Å². The molecule has 0 unspecified atom stereocenters. The van der Waals surface area contributed by atoms with E-state index >= 15 is 0 Å². The van der Waals surface area contributed by atoms with E-state index in [1.54, 1.807) is 18.0 Å². The van der Waals surface area contributed by atoms with Gasteiger partial charge in [0.05, 0.1) is 19.0 Å². The number of fused-ring (bicyclic) bond motifs is 1. The standard InChI is InChI=1S/C13H12N4OS/c1-8-9-7-14-17(12(9)13(19)16-15-8)10-5-3-4-6-11(10)18-2/h3-7H,1-2H3,(H,16,19). The molecule has 0 amide bonds. The Bertz CT molecular complexity index is 806. The molecule has 0 aliphatic heterocycles. The topological polar surface area (TPSA) is 55.7 Å². The number of para-hydroxylation sites is 2. The first-order chi connectivity index (χ1) is 9.22. The minimum atomic E-state index is 0.559. The first-order valence-corrected chi connectivity index (χ1v) is 6.19. The number of hydrogen-bond donors (Lipinski definition) is 1. The maximum atomic E-state index is 5.37. The number of ether oxygens (including phenoxy) is 1. The highest BCUT2D eigenvalue weighted by molar-refractivity contribution is 7.71. The number of nitrogens with one attached hydrogen (secondary N) is 1. The molecule has 5 nitrogen and oxygen atoms in total. The second kappa shape index (κ2) is 4.47. The summed E-state index contributed by atoms with van der Waals surface area (Å²) in [6, 6.07) is 7.69. The van der Waals surface area contributed by atoms with E-state index in [-0.39, 0.29) is 0 Å². The number of H-pyrrole nitrogens is 1. The molecule has 0 fully saturated rings. The molecule has 19 heavy (non-hydrogen) atoms. The van der Waals surface area contributed by atoms with Crippen LogP contribution in [0.3, 0.4) is 0 Å². The third-order valence-electron chi connectivity index (χ3n) is 3.01. The van der Waals surface area contributed by atoms with Gasteiger partial charge in [0.15, 0.2) is 0 Å². The summed E-state index contributed by atoms with van der Waals surface area (Å²) < 4.78 is 7.71. The largest absolute Gasteiger partial charge is 0.494 e. The van der Waals surface area contributed by atoms with Gasteiger partial charge in [0, 0.05) is 5.39 Å². The molecule has 2 aromatic heterocycles. The third-order valence-corrected chi connectivity index (χ3v) is 3.30. The predicted molar refractivity (Wildman–Crippen MR) is 75.3 cm³/mol. The van der Waals surface area contributed by atoms with Gasteiger partial charge in [0.1, 0.15) is 21.6 Å². The maximum Gasteiger partial charge on any atom is 0.146 e. The van der Waals surface area contributed by atoms with Crippen LogP contribution in [0.4, 0.5) is 0 Å². The van der Waals surface area contributed by atoms with Crippen molar-refractivity contribution in [3.8, 4) is 11.4 Å². The van der Waals surface area contributed by atoms with Gasteiger partial charge in [-0.2, -0.15) is 10.2 Å². The van der Waals surface area contributed by atoms with E-state index in [1.165, 1.54) is 0 Å². The van der Waals surface area contributed by atoms with Crippen molar-refractivity contribution in [3.63, 3.8) is 0 Å². The van der Waals surface area contributed by atoms with Gasteiger partial charge in [0.25, 0.3) is 0 Å². The van der Waals surface area contributed by atoms with E-state index < -0.39 is 0 Å². The lowest BCUT2D eigenvalue weighted by Gasteiger charge is -2.09. The quantitative estimate of drug-likeness (QED) is 0.729. The predicted octanol–water partition coefficient (Wildman–Crippen LogP) is 2.80. The van der Waals surface area contributed by atoms with Gasteiger partial charge >= 0.3 is 0 Å². The van der Waals surface area contributed by atoms with Crippen LogP contribution in [0.2, 0.25) is 0 Å². The van der Waals surface area contributed by atoms with E-state index in [2.05, 4.69) is 15.3 Å². The fourth-order valence-corrected chi connectivity index (χ4v) is 2.31. The van der Waals surface area contributed by atoms with Gasteiger partial charge < -0.3 is 4.74 Å². The van der Waals surface area contributed by atoms with Crippen LogP contribution in [-0.2, 0) is 0 Å². The molecule has 0 spiro atoms. The summed E-state index contributed by atoms with van der Waals surface area (Å²) in [6.07, 6.45) is 1.77. The molecule has 0 saturated carbocycles. The smallest absolute Gasteiger partial charge is 0.146 e. The van der Waals surface area contributed by atoms with E-state index in [9.17, 15) is 0 Å². The number of benzene rings is 1. The fourth-order valence-electron chi connectivity index (χ4n) is 2.07. The summed E-state index contributed by atoms with van der Waals surface area (Å²) in [6.45, 7) is 1.92. The highest BCUT2D eigenvalue weighted by Gasteiger charge is 2.12. The summed E-state index contributed by atoms with van der Waals surface area (Å²) in [4.78, 5) is 0. The maximum absolute atomic E-state index is 5.37. The molecule has 3 aromatic rings. The summed E-state index contributed by atoms with van der Waals surface area (Å²) in [5.74, 6) is 0.747. The molecular formula is C13H12N4OS. The van der Waals surface area contributed by atoms with Crippen LogP contribution in [0, 0.1) is 11.6 Å². The van der Waals surface area contributed by atoms with Crippen molar-refractivity contribution >= 4 is 23.1 Å². The molecule has 6 heteroatoms. The molecule has 0 aliphatic rings. The van der Waals surface area contributed by atoms with Crippen LogP contribution in [0.1, 0.15) is 5.69 Å². The molecule has 0 saturated heterocycles. The highest BCUT2D eigenvalue weighted by Crippen LogP contribution is 2.26. The van der Waals surface area contributed by atoms with Crippen molar-refractivity contribution in [1.29, 1.82) is 0 Å². The highest BCUT2D eigenvalue weighted by atomic mass is 32.1. The molecule has 0 bridgehead atoms. The van der Waals surface area contributed by atoms with Crippen molar-refractivity contribution in [2.75, 3.05) is 7.11 Å². The number of methoxy groups -OCH3 is 1. The monoisotopic (exact) mass is 272 g/mol. The second-order valence-corrected chi connectivity index (χ2v) is 4.54. The number of rotatable bonds is 2. The summed E-state index contributed by atoms with van der Waals surface area (Å²) in [7, 11) is 1.64. The fraction of sp³-hybridized carbons (Fsp3) is 0.154. The second-order valence-electron chi connectivity index (χ2n) is 4.13. The molecular weight excluding hydrogens is 260 g/mol. The summed E-state index contributed by atoms with van der Waals surface area (Å²) in [5, 5.41) is 12.3. The first-order valence-electron chi connectivity index (χ1n) is 5.79. The zero-order chi connectivity index (χ0) is 13.4. The molecule has 3 rings (SSSR count). The number of aromatic amines is 1. The molecule has 1 aromatic carbocycles. The molecule has 0 radical (unpaired) electrons. The van der Waals surface area contributed by atoms with E-state index in [0.717, 1.165) is 28.0 Å². The van der Waals surface area contributed by atoms with Crippen molar-refractivity contribution in [3.05, 3.63) is 40.8 Å². The summed E-state index contributed by atoms with van der Waals surface area (Å²) in [5.41, 5.74) is 2.56. The number of aryl methyl sites for hydroxylation is 1.